The van der Waals surface area contributed by atoms with Gasteiger partial charge in [0.1, 0.15) is 18.4 Å². The fourth-order valence-electron chi connectivity index (χ4n) is 2.10. The van der Waals surface area contributed by atoms with Crippen molar-refractivity contribution in [3.63, 3.8) is 0 Å². The molecule has 2 heterocycles. The molecule has 4 N–H and O–H groups in total. The average molecular weight is 274 g/mol. The summed E-state index contributed by atoms with van der Waals surface area (Å²) in [6, 6.07) is -1.83. The predicted octanol–water partition coefficient (Wildman–Crippen LogP) is -0.817. The van der Waals surface area contributed by atoms with Crippen molar-refractivity contribution in [2.24, 2.45) is 0 Å². The number of carboxylic acids is 1. The maximum absolute atomic E-state index is 11.8. The summed E-state index contributed by atoms with van der Waals surface area (Å²) in [4.78, 5) is 35.3. The van der Waals surface area contributed by atoms with E-state index in [1.165, 1.54) is 16.7 Å². The molecule has 0 aliphatic carbocycles. The largest absolute Gasteiger partial charge is 0.480 e. The summed E-state index contributed by atoms with van der Waals surface area (Å²) in [5.41, 5.74) is 0. The number of aliphatic carboxylic acids is 1. The number of rotatable bonds is 5. The van der Waals surface area contributed by atoms with Crippen LogP contribution in [0.15, 0.2) is 0 Å². The van der Waals surface area contributed by atoms with Gasteiger partial charge in [0, 0.05) is 0 Å². The first-order valence-corrected chi connectivity index (χ1v) is 6.81. The molecule has 2 aliphatic rings. The third-order valence-corrected chi connectivity index (χ3v) is 3.55. The van der Waals surface area contributed by atoms with Crippen LogP contribution in [0.3, 0.4) is 0 Å². The number of nitrogens with one attached hydrogen (secondary N) is 3. The van der Waals surface area contributed by atoms with E-state index in [4.69, 9.17) is 0 Å². The molecule has 3 atom stereocenters. The molecule has 0 bridgehead atoms. The Morgan fingerprint density at radius 2 is 2.17 bits per heavy atom. The van der Waals surface area contributed by atoms with Gasteiger partial charge >= 0.3 is 18.0 Å². The molecule has 2 aliphatic heterocycles. The number of nitrogens with zero attached hydrogens (tertiary/aromatic N) is 1. The van der Waals surface area contributed by atoms with Crippen LogP contribution in [0, 0.1) is 0 Å². The number of thioether (sulfide) groups is 1. The summed E-state index contributed by atoms with van der Waals surface area (Å²) >= 11 is 1.51. The van der Waals surface area contributed by atoms with Crippen LogP contribution in [-0.4, -0.2) is 58.4 Å². The highest BCUT2D eigenvalue weighted by Crippen LogP contribution is 2.20. The van der Waals surface area contributed by atoms with Gasteiger partial charge in [0.25, 0.3) is 0 Å². The summed E-state index contributed by atoms with van der Waals surface area (Å²) in [5.74, 6) is -0.444. The molecule has 9 heteroatoms. The Morgan fingerprint density at radius 3 is 2.78 bits per heavy atom. The molecule has 0 unspecified atom stereocenters. The maximum Gasteiger partial charge on any atom is 0.326 e. The zero-order valence-corrected chi connectivity index (χ0v) is 10.5. The maximum atomic E-state index is 11.8. The van der Waals surface area contributed by atoms with E-state index >= 15 is 0 Å². The van der Waals surface area contributed by atoms with Gasteiger partial charge in [0.15, 0.2) is 0 Å². The molecule has 2 saturated heterocycles. The fraction of sp³-hybridized carbons (Fsp3) is 0.667. The molecule has 0 radical (unpaired) electrons. The van der Waals surface area contributed by atoms with Crippen molar-refractivity contribution < 1.29 is 19.5 Å². The van der Waals surface area contributed by atoms with Gasteiger partial charge in [-0.05, 0) is 18.4 Å². The SMILES string of the molecule is CSCC[C@@H](C(=O)O)N1C(=O)N[C@@H]2NC(=O)N[C@H]21. The van der Waals surface area contributed by atoms with Crippen molar-refractivity contribution in [1.82, 2.24) is 20.9 Å². The van der Waals surface area contributed by atoms with Crippen LogP contribution in [-0.2, 0) is 4.79 Å². The second kappa shape index (κ2) is 4.92. The van der Waals surface area contributed by atoms with Gasteiger partial charge in [0.2, 0.25) is 0 Å². The Bertz CT molecular complexity index is 391. The van der Waals surface area contributed by atoms with Gasteiger partial charge in [0.05, 0.1) is 0 Å². The number of urea groups is 2. The van der Waals surface area contributed by atoms with Crippen molar-refractivity contribution in [2.75, 3.05) is 12.0 Å². The first-order valence-electron chi connectivity index (χ1n) is 5.42. The molecule has 100 valence electrons. The summed E-state index contributed by atoms with van der Waals surface area (Å²) in [7, 11) is 0. The zero-order chi connectivity index (χ0) is 13.3. The highest BCUT2D eigenvalue weighted by atomic mass is 32.2. The van der Waals surface area contributed by atoms with Gasteiger partial charge < -0.3 is 21.1 Å². The molecule has 18 heavy (non-hydrogen) atoms. The highest BCUT2D eigenvalue weighted by molar-refractivity contribution is 7.98. The molecule has 2 rings (SSSR count). The van der Waals surface area contributed by atoms with E-state index in [-0.39, 0.29) is 0 Å². The molecule has 2 fully saturated rings. The van der Waals surface area contributed by atoms with Crippen molar-refractivity contribution in [1.29, 1.82) is 0 Å². The Hall–Kier alpha value is -1.64. The minimum Gasteiger partial charge on any atom is -0.480 e. The van der Waals surface area contributed by atoms with Gasteiger partial charge in [-0.1, -0.05) is 0 Å². The van der Waals surface area contributed by atoms with Gasteiger partial charge in [-0.25, -0.2) is 14.4 Å². The Balaban J connectivity index is 2.15. The van der Waals surface area contributed by atoms with Crippen LogP contribution in [0.25, 0.3) is 0 Å². The smallest absolute Gasteiger partial charge is 0.326 e. The third kappa shape index (κ3) is 2.17. The average Bonchev–Trinajstić information content (AvgIpc) is 2.76. The molecule has 4 amide bonds. The summed E-state index contributed by atoms with van der Waals surface area (Å²) in [6.45, 7) is 0. The van der Waals surface area contributed by atoms with Crippen LogP contribution < -0.4 is 16.0 Å². The monoisotopic (exact) mass is 274 g/mol. The number of hydrogen-bond acceptors (Lipinski definition) is 4. The lowest BCUT2D eigenvalue weighted by molar-refractivity contribution is -0.142. The fourth-order valence-corrected chi connectivity index (χ4v) is 2.56. The molecule has 0 aromatic heterocycles. The van der Waals surface area contributed by atoms with E-state index in [1.807, 2.05) is 6.26 Å². The quantitative estimate of drug-likeness (QED) is 0.523. The molecule has 0 aromatic rings. The number of amides is 4. The van der Waals surface area contributed by atoms with E-state index in [2.05, 4.69) is 16.0 Å². The van der Waals surface area contributed by atoms with E-state index in [1.54, 1.807) is 0 Å². The molecular weight excluding hydrogens is 260 g/mol. The normalized spacial score (nSPS) is 27.3. The number of carbonyl (C=O) groups is 3. The van der Waals surface area contributed by atoms with Crippen molar-refractivity contribution in [2.45, 2.75) is 24.8 Å². The van der Waals surface area contributed by atoms with E-state index in [0.29, 0.717) is 12.2 Å². The first kappa shape index (κ1) is 12.8. The minimum atomic E-state index is -1.07. The van der Waals surface area contributed by atoms with Gasteiger partial charge in [-0.2, -0.15) is 11.8 Å². The van der Waals surface area contributed by atoms with Crippen LogP contribution in [0.1, 0.15) is 6.42 Å². The second-order valence-electron chi connectivity index (χ2n) is 4.03. The highest BCUT2D eigenvalue weighted by Gasteiger charge is 2.49. The van der Waals surface area contributed by atoms with Crippen molar-refractivity contribution in [3.05, 3.63) is 0 Å². The van der Waals surface area contributed by atoms with Crippen LogP contribution in [0.5, 0.6) is 0 Å². The lowest BCUT2D eigenvalue weighted by Gasteiger charge is -2.27. The zero-order valence-electron chi connectivity index (χ0n) is 9.67. The third-order valence-electron chi connectivity index (χ3n) is 2.91. The summed E-state index contributed by atoms with van der Waals surface area (Å²) < 4.78 is 0. The van der Waals surface area contributed by atoms with Gasteiger partial charge in [-0.3, -0.25) is 4.90 Å². The number of hydrogen-bond donors (Lipinski definition) is 4. The van der Waals surface area contributed by atoms with E-state index in [9.17, 15) is 19.5 Å². The lowest BCUT2D eigenvalue weighted by atomic mass is 10.2. The number of carboxylic acid groups (broad SMARTS) is 1. The Labute approximate surface area is 107 Å². The number of fused-ring (bicyclic) bond motifs is 1. The lowest BCUT2D eigenvalue weighted by Crippen LogP contribution is -2.52. The number of carbonyl (C=O) groups excluding carboxylic acids is 2. The summed E-state index contributed by atoms with van der Waals surface area (Å²) in [6.07, 6.45) is 0.988. The van der Waals surface area contributed by atoms with Crippen LogP contribution in [0.4, 0.5) is 9.59 Å². The van der Waals surface area contributed by atoms with Crippen LogP contribution >= 0.6 is 11.8 Å². The van der Waals surface area contributed by atoms with Crippen molar-refractivity contribution >= 4 is 29.8 Å². The molecular formula is C9H14N4O4S. The topological polar surface area (TPSA) is 111 Å². The Kier molecular flexibility index (Phi) is 3.50. The standard InChI is InChI=1S/C9H14N4O4S/c1-18-3-2-4(7(14)15)13-6-5(11-9(13)17)10-8(16)12-6/h4-6H,2-3H2,1H3,(H,11,17)(H,14,15)(H2,10,12,16)/t4-,5-,6-/m0/s1. The first-order chi connectivity index (χ1) is 8.54. The van der Waals surface area contributed by atoms with Crippen molar-refractivity contribution in [3.8, 4) is 0 Å². The molecule has 0 saturated carbocycles. The Morgan fingerprint density at radius 1 is 1.44 bits per heavy atom. The molecule has 0 aromatic carbocycles. The van der Waals surface area contributed by atoms with E-state index in [0.717, 1.165) is 0 Å². The molecule has 0 spiro atoms. The molecule has 8 nitrogen and oxygen atoms in total. The minimum absolute atomic E-state index is 0.336. The van der Waals surface area contributed by atoms with Crippen LogP contribution in [0.2, 0.25) is 0 Å². The predicted molar refractivity (Wildman–Crippen MR) is 64.0 cm³/mol. The van der Waals surface area contributed by atoms with Gasteiger partial charge in [-0.15, -0.1) is 0 Å². The summed E-state index contributed by atoms with van der Waals surface area (Å²) in [5, 5.41) is 16.8. The second-order valence-corrected chi connectivity index (χ2v) is 5.02. The van der Waals surface area contributed by atoms with E-state index < -0.39 is 36.4 Å².